The van der Waals surface area contributed by atoms with Crippen LogP contribution in [0.1, 0.15) is 41.6 Å². The molecule has 1 aromatic heterocycles. The number of pyridine rings is 1. The van der Waals surface area contributed by atoms with Crippen LogP contribution in [-0.4, -0.2) is 42.5 Å². The number of carbonyl (C=O) groups is 2. The van der Waals surface area contributed by atoms with Gasteiger partial charge in [0, 0.05) is 18.3 Å². The number of hydrogen-bond acceptors (Lipinski definition) is 7. The van der Waals surface area contributed by atoms with Crippen molar-refractivity contribution in [2.45, 2.75) is 49.1 Å². The number of aromatic carboxylic acids is 1. The smallest absolute Gasteiger partial charge is 0.337 e. The monoisotopic (exact) mass is 626 g/mol. The number of sulfonamides is 1. The number of ether oxygens (including phenoxy) is 2. The lowest BCUT2D eigenvalue weighted by atomic mass is 9.94. The maximum Gasteiger partial charge on any atom is 0.337 e. The van der Waals surface area contributed by atoms with E-state index < -0.39 is 16.0 Å². The zero-order valence-electron chi connectivity index (χ0n) is 24.0. The van der Waals surface area contributed by atoms with E-state index in [2.05, 4.69) is 19.9 Å². The Morgan fingerprint density at radius 2 is 1.67 bits per heavy atom. The first-order valence-electron chi connectivity index (χ1n) is 14.2. The number of nitrogens with one attached hydrogen (secondary N) is 2. The van der Waals surface area contributed by atoms with Crippen LogP contribution in [0.4, 0.5) is 11.4 Å². The van der Waals surface area contributed by atoms with Crippen LogP contribution >= 0.6 is 0 Å². The van der Waals surface area contributed by atoms with Crippen LogP contribution in [0.15, 0.2) is 96.0 Å². The first-order chi connectivity index (χ1) is 21.7. The summed E-state index contributed by atoms with van der Waals surface area (Å²) in [6.07, 6.45) is 4.13. The Bertz CT molecular complexity index is 1810. The summed E-state index contributed by atoms with van der Waals surface area (Å²) in [6.45, 7) is 7.10. The molecule has 0 unspecified atom stereocenters. The average Bonchev–Trinajstić information content (AvgIpc) is 3.04. The van der Waals surface area contributed by atoms with Gasteiger partial charge in [0.05, 0.1) is 35.2 Å². The summed E-state index contributed by atoms with van der Waals surface area (Å²) in [7, 11) is -3.71. The summed E-state index contributed by atoms with van der Waals surface area (Å²) in [4.78, 5) is 31.5. The number of benzene rings is 3. The lowest BCUT2D eigenvalue weighted by molar-refractivity contribution is -0.115. The zero-order valence-corrected chi connectivity index (χ0v) is 24.9. The van der Waals surface area contributed by atoms with E-state index in [0.717, 1.165) is 0 Å². The third-order valence-corrected chi connectivity index (χ3v) is 8.71. The van der Waals surface area contributed by atoms with Crippen molar-refractivity contribution in [3.05, 3.63) is 114 Å². The predicted molar refractivity (Wildman–Crippen MR) is 166 cm³/mol. The second-order valence-electron chi connectivity index (χ2n) is 10.5. The normalized spacial score (nSPS) is 16.2. The average molecular weight is 627 g/mol. The van der Waals surface area contributed by atoms with E-state index in [1.54, 1.807) is 60.7 Å². The molecule has 0 aliphatic heterocycles. The van der Waals surface area contributed by atoms with Crippen LogP contribution < -0.4 is 19.5 Å². The Morgan fingerprint density at radius 1 is 0.933 bits per heavy atom. The Kier molecular flexibility index (Phi) is 9.72. The third-order valence-electron chi connectivity index (χ3n) is 7.20. The fourth-order valence-electron chi connectivity index (χ4n) is 4.94. The van der Waals surface area contributed by atoms with Crippen LogP contribution in [0, 0.1) is 6.57 Å². The molecule has 3 aromatic carbocycles. The number of amides is 1. The van der Waals surface area contributed by atoms with Crippen molar-refractivity contribution < 1.29 is 32.6 Å². The summed E-state index contributed by atoms with van der Waals surface area (Å²) >= 11 is 0. The van der Waals surface area contributed by atoms with Gasteiger partial charge in [-0.1, -0.05) is 30.3 Å². The minimum absolute atomic E-state index is 0.0121. The molecule has 0 atom stereocenters. The van der Waals surface area contributed by atoms with Crippen molar-refractivity contribution in [2.75, 3.05) is 5.32 Å². The lowest BCUT2D eigenvalue weighted by Crippen LogP contribution is -2.39. The van der Waals surface area contributed by atoms with E-state index in [0.29, 0.717) is 48.6 Å². The number of rotatable bonds is 11. The molecular weight excluding hydrogens is 596 g/mol. The molecule has 0 bridgehead atoms. The number of aromatic nitrogens is 1. The fourth-order valence-corrected chi connectivity index (χ4v) is 6.28. The highest BCUT2D eigenvalue weighted by Crippen LogP contribution is 2.28. The van der Waals surface area contributed by atoms with Gasteiger partial charge in [-0.3, -0.25) is 4.79 Å². The largest absolute Gasteiger partial charge is 0.490 e. The highest BCUT2D eigenvalue weighted by molar-refractivity contribution is 7.89. The minimum Gasteiger partial charge on any atom is -0.490 e. The minimum atomic E-state index is -3.71. The Balaban J connectivity index is 1.07. The molecule has 0 saturated heterocycles. The molecule has 0 spiro atoms. The first-order valence-corrected chi connectivity index (χ1v) is 15.7. The molecule has 11 nitrogen and oxygen atoms in total. The van der Waals surface area contributed by atoms with E-state index >= 15 is 0 Å². The molecule has 1 aliphatic rings. The van der Waals surface area contributed by atoms with Gasteiger partial charge in [0.2, 0.25) is 21.8 Å². The van der Waals surface area contributed by atoms with Gasteiger partial charge in [-0.2, -0.15) is 0 Å². The van der Waals surface area contributed by atoms with Crippen LogP contribution in [-0.2, 0) is 21.2 Å². The topological polar surface area (TPSA) is 148 Å². The summed E-state index contributed by atoms with van der Waals surface area (Å²) in [6, 6.07) is 22.4. The molecule has 1 saturated carbocycles. The zero-order chi connectivity index (χ0) is 31.8. The van der Waals surface area contributed by atoms with Gasteiger partial charge in [-0.15, -0.1) is 0 Å². The van der Waals surface area contributed by atoms with Gasteiger partial charge < -0.3 is 19.9 Å². The van der Waals surface area contributed by atoms with E-state index in [9.17, 15) is 23.1 Å². The molecule has 1 aliphatic carbocycles. The van der Waals surface area contributed by atoms with E-state index in [1.807, 2.05) is 0 Å². The third kappa shape index (κ3) is 8.44. The Morgan fingerprint density at radius 3 is 2.36 bits per heavy atom. The highest BCUT2D eigenvalue weighted by Gasteiger charge is 2.27. The van der Waals surface area contributed by atoms with Gasteiger partial charge >= 0.3 is 5.97 Å². The molecule has 4 aromatic rings. The first kappa shape index (κ1) is 31.2. The number of para-hydroxylation sites is 1. The molecule has 1 fully saturated rings. The number of carbonyl (C=O) groups excluding carboxylic acids is 1. The van der Waals surface area contributed by atoms with Gasteiger partial charge in [0.15, 0.2) is 5.69 Å². The lowest BCUT2D eigenvalue weighted by Gasteiger charge is -2.29. The van der Waals surface area contributed by atoms with Crippen LogP contribution in [0.3, 0.4) is 0 Å². The fraction of sp³-hybridized carbons (Fsp3) is 0.212. The van der Waals surface area contributed by atoms with Crippen LogP contribution in [0.2, 0.25) is 0 Å². The van der Waals surface area contributed by atoms with Crippen LogP contribution in [0.25, 0.3) is 4.85 Å². The number of anilines is 1. The van der Waals surface area contributed by atoms with Crippen molar-refractivity contribution in [3.8, 4) is 17.4 Å². The maximum absolute atomic E-state index is 12.8. The van der Waals surface area contributed by atoms with E-state index in [-0.39, 0.29) is 46.3 Å². The van der Waals surface area contributed by atoms with Gasteiger partial charge in [-0.05, 0) is 79.8 Å². The quantitative estimate of drug-likeness (QED) is 0.172. The highest BCUT2D eigenvalue weighted by atomic mass is 32.2. The Hall–Kier alpha value is -5.25. The molecule has 5 rings (SSSR count). The van der Waals surface area contributed by atoms with Gasteiger partial charge in [-0.25, -0.2) is 27.8 Å². The Labute approximate surface area is 260 Å². The second-order valence-corrected chi connectivity index (χ2v) is 12.2. The van der Waals surface area contributed by atoms with Crippen molar-refractivity contribution in [2.24, 2.45) is 0 Å². The molecular formula is C33H30N4O7S. The van der Waals surface area contributed by atoms with Crippen molar-refractivity contribution in [1.29, 1.82) is 0 Å². The molecule has 230 valence electrons. The molecule has 1 heterocycles. The van der Waals surface area contributed by atoms with Gasteiger partial charge in [0.25, 0.3) is 0 Å². The molecule has 0 radical (unpaired) electrons. The maximum atomic E-state index is 12.8. The molecule has 3 N–H and O–H groups in total. The van der Waals surface area contributed by atoms with Gasteiger partial charge in [0.1, 0.15) is 11.5 Å². The molecule has 45 heavy (non-hydrogen) atoms. The number of nitrogens with zero attached hydrogens (tertiary/aromatic N) is 2. The summed E-state index contributed by atoms with van der Waals surface area (Å²) in [5.74, 6) is 0.0621. The summed E-state index contributed by atoms with van der Waals surface area (Å²) in [5.41, 5.74) is 1.15. The number of carboxylic acids is 1. The van der Waals surface area contributed by atoms with Crippen molar-refractivity contribution in [1.82, 2.24) is 9.71 Å². The predicted octanol–water partition coefficient (Wildman–Crippen LogP) is 5.97. The van der Waals surface area contributed by atoms with E-state index in [1.165, 1.54) is 30.5 Å². The SMILES string of the molecule is [C-]#[N+]c1cccc(S(=O)(=O)NC2CCC(Oc3ccc(Oc4ccc(CC(=O)Nc5ccccc5C(=O)O)cn4)cc3)CC2)c1. The van der Waals surface area contributed by atoms with Crippen molar-refractivity contribution >= 4 is 33.3 Å². The number of hydrogen-bond donors (Lipinski definition) is 3. The number of carboxylic acid groups (broad SMARTS) is 1. The van der Waals surface area contributed by atoms with Crippen LogP contribution in [0.5, 0.6) is 17.4 Å². The molecule has 1 amide bonds. The standard InChI is InChI=1S/C33H30N4O7S/c1-34-24-5-4-6-28(20-24)45(41,42)37-23-10-12-25(13-11-23)43-26-14-16-27(17-15-26)44-32-18-9-22(21-35-32)19-31(38)36-30-8-3-2-7-29(30)33(39)40/h2-9,14-18,20-21,23,25,37H,10-13,19H2,(H,36,38)(H,39,40). The molecule has 12 heteroatoms. The summed E-state index contributed by atoms with van der Waals surface area (Å²) < 4.78 is 40.2. The van der Waals surface area contributed by atoms with E-state index in [4.69, 9.17) is 16.0 Å². The second kappa shape index (κ2) is 14.0. The summed E-state index contributed by atoms with van der Waals surface area (Å²) in [5, 5.41) is 11.9. The van der Waals surface area contributed by atoms with Crippen molar-refractivity contribution in [3.63, 3.8) is 0 Å².